The Bertz CT molecular complexity index is 710. The van der Waals surface area contributed by atoms with Gasteiger partial charge in [-0.25, -0.2) is 0 Å². The minimum atomic E-state index is -1.13. The quantitative estimate of drug-likeness (QED) is 0.845. The first kappa shape index (κ1) is 15.6. The van der Waals surface area contributed by atoms with E-state index in [0.717, 1.165) is 11.1 Å². The highest BCUT2D eigenvalue weighted by Crippen LogP contribution is 2.23. The topological polar surface area (TPSA) is 50.1 Å². The van der Waals surface area contributed by atoms with Crippen LogP contribution in [-0.4, -0.2) is 11.3 Å². The monoisotopic (exact) mass is 319 g/mol. The second-order valence-corrected chi connectivity index (χ2v) is 6.32. The second-order valence-electron chi connectivity index (χ2n) is 4.46. The third-order valence-corrected chi connectivity index (χ3v) is 4.64. The van der Waals surface area contributed by atoms with Gasteiger partial charge in [-0.2, -0.15) is 5.26 Å². The van der Waals surface area contributed by atoms with Gasteiger partial charge in [0.15, 0.2) is 0 Å². The molecule has 3 nitrogen and oxygen atoms in total. The number of ether oxygens (including phenoxy) is 1. The fourth-order valence-electron chi connectivity index (χ4n) is 1.97. The van der Waals surface area contributed by atoms with Gasteiger partial charge >= 0.3 is 0 Å². The summed E-state index contributed by atoms with van der Waals surface area (Å²) in [6.07, 6.45) is 0. The first-order valence-corrected chi connectivity index (χ1v) is 8.16. The van der Waals surface area contributed by atoms with Crippen LogP contribution in [0.5, 0.6) is 5.75 Å². The summed E-state index contributed by atoms with van der Waals surface area (Å²) >= 11 is 6.08. The first-order chi connectivity index (χ1) is 10.1. The highest BCUT2D eigenvalue weighted by molar-refractivity contribution is 7.83. The molecule has 0 spiro atoms. The highest BCUT2D eigenvalue weighted by atomic mass is 35.5. The molecule has 0 N–H and O–H groups in total. The summed E-state index contributed by atoms with van der Waals surface area (Å²) in [5.41, 5.74) is 2.15. The molecule has 0 saturated heterocycles. The van der Waals surface area contributed by atoms with Crippen LogP contribution >= 0.6 is 11.6 Å². The zero-order chi connectivity index (χ0) is 15.2. The molecule has 1 atom stereocenters. The SMILES string of the molecule is COc1ccc(C#N)cc1CS(=O)Cc1ccccc1Cl. The maximum Gasteiger partial charge on any atom is 0.123 e. The molecule has 108 valence electrons. The lowest BCUT2D eigenvalue weighted by Gasteiger charge is -2.09. The van der Waals surface area contributed by atoms with E-state index >= 15 is 0 Å². The summed E-state index contributed by atoms with van der Waals surface area (Å²) < 4.78 is 17.6. The maximum atomic E-state index is 12.3. The first-order valence-electron chi connectivity index (χ1n) is 6.29. The van der Waals surface area contributed by atoms with Crippen LogP contribution in [0.1, 0.15) is 16.7 Å². The molecule has 2 rings (SSSR count). The maximum absolute atomic E-state index is 12.3. The van der Waals surface area contributed by atoms with E-state index in [1.54, 1.807) is 31.4 Å². The van der Waals surface area contributed by atoms with Crippen molar-refractivity contribution in [1.29, 1.82) is 5.26 Å². The Labute approximate surface area is 131 Å². The number of rotatable bonds is 5. The lowest BCUT2D eigenvalue weighted by atomic mass is 10.1. The van der Waals surface area contributed by atoms with Crippen LogP contribution in [0.15, 0.2) is 42.5 Å². The van der Waals surface area contributed by atoms with E-state index in [2.05, 4.69) is 6.07 Å². The zero-order valence-electron chi connectivity index (χ0n) is 11.5. The number of halogens is 1. The van der Waals surface area contributed by atoms with Gasteiger partial charge in [-0.15, -0.1) is 0 Å². The van der Waals surface area contributed by atoms with Crippen LogP contribution in [0.3, 0.4) is 0 Å². The fourth-order valence-corrected chi connectivity index (χ4v) is 3.53. The third kappa shape index (κ3) is 4.07. The minimum absolute atomic E-state index is 0.323. The molecule has 0 aliphatic rings. The second kappa shape index (κ2) is 7.26. The van der Waals surface area contributed by atoms with Gasteiger partial charge in [-0.1, -0.05) is 29.8 Å². The van der Waals surface area contributed by atoms with Crippen molar-refractivity contribution in [2.45, 2.75) is 11.5 Å². The average molecular weight is 320 g/mol. The average Bonchev–Trinajstić information content (AvgIpc) is 2.49. The summed E-state index contributed by atoms with van der Waals surface area (Å²) in [6.45, 7) is 0. The highest BCUT2D eigenvalue weighted by Gasteiger charge is 2.11. The van der Waals surface area contributed by atoms with Crippen LogP contribution in [0.25, 0.3) is 0 Å². The minimum Gasteiger partial charge on any atom is -0.496 e. The van der Waals surface area contributed by atoms with Gasteiger partial charge in [0.05, 0.1) is 30.2 Å². The number of hydrogen-bond acceptors (Lipinski definition) is 3. The molecule has 0 aliphatic heterocycles. The Balaban J connectivity index is 2.16. The van der Waals surface area contributed by atoms with Crippen LogP contribution in [0.2, 0.25) is 5.02 Å². The summed E-state index contributed by atoms with van der Waals surface area (Å²) in [5, 5.41) is 9.56. The number of hydrogen-bond donors (Lipinski definition) is 0. The molecular weight excluding hydrogens is 306 g/mol. The summed E-state index contributed by atoms with van der Waals surface area (Å²) in [6, 6.07) is 14.5. The van der Waals surface area contributed by atoms with Gasteiger partial charge < -0.3 is 4.74 Å². The van der Waals surface area contributed by atoms with E-state index in [1.165, 1.54) is 0 Å². The lowest BCUT2D eigenvalue weighted by Crippen LogP contribution is -2.02. The molecular formula is C16H14ClNO2S. The molecule has 5 heteroatoms. The molecule has 0 bridgehead atoms. The third-order valence-electron chi connectivity index (χ3n) is 3.00. The molecule has 0 radical (unpaired) electrons. The molecule has 1 unspecified atom stereocenters. The Morgan fingerprint density at radius 3 is 2.57 bits per heavy atom. The van der Waals surface area contributed by atoms with Gasteiger partial charge in [0, 0.05) is 21.4 Å². The standard InChI is InChI=1S/C16H14ClNO2S/c1-20-16-7-6-12(9-18)8-14(16)11-21(19)10-13-4-2-3-5-15(13)17/h2-8H,10-11H2,1H3. The van der Waals surface area contributed by atoms with Gasteiger partial charge in [0.25, 0.3) is 0 Å². The van der Waals surface area contributed by atoms with Crippen molar-refractivity contribution < 1.29 is 8.95 Å². The Hall–Kier alpha value is -1.83. The van der Waals surface area contributed by atoms with Crippen LogP contribution in [-0.2, 0) is 22.3 Å². The Morgan fingerprint density at radius 2 is 1.90 bits per heavy atom. The van der Waals surface area contributed by atoms with Crippen molar-refractivity contribution in [3.8, 4) is 11.8 Å². The van der Waals surface area contributed by atoms with Crippen molar-refractivity contribution in [3.63, 3.8) is 0 Å². The summed E-state index contributed by atoms with van der Waals surface area (Å²) in [7, 11) is 0.429. The van der Waals surface area contributed by atoms with Crippen molar-refractivity contribution in [2.75, 3.05) is 7.11 Å². The zero-order valence-corrected chi connectivity index (χ0v) is 13.1. The van der Waals surface area contributed by atoms with E-state index in [-0.39, 0.29) is 0 Å². The lowest BCUT2D eigenvalue weighted by molar-refractivity contribution is 0.411. The van der Waals surface area contributed by atoms with E-state index in [0.29, 0.717) is 27.8 Å². The van der Waals surface area contributed by atoms with Crippen LogP contribution in [0.4, 0.5) is 0 Å². The molecule has 0 amide bonds. The number of nitrogens with zero attached hydrogens (tertiary/aromatic N) is 1. The number of benzene rings is 2. The smallest absolute Gasteiger partial charge is 0.123 e. The van der Waals surface area contributed by atoms with Crippen LogP contribution < -0.4 is 4.74 Å². The van der Waals surface area contributed by atoms with Crippen molar-refractivity contribution in [2.24, 2.45) is 0 Å². The predicted octanol–water partition coefficient (Wildman–Crippen LogP) is 3.67. The van der Waals surface area contributed by atoms with E-state index in [1.807, 2.05) is 18.2 Å². The molecule has 21 heavy (non-hydrogen) atoms. The van der Waals surface area contributed by atoms with Crippen molar-refractivity contribution >= 4 is 22.4 Å². The molecule has 0 saturated carbocycles. The van der Waals surface area contributed by atoms with Gasteiger partial charge in [0.1, 0.15) is 5.75 Å². The normalized spacial score (nSPS) is 11.7. The van der Waals surface area contributed by atoms with E-state index in [4.69, 9.17) is 21.6 Å². The number of nitriles is 1. The van der Waals surface area contributed by atoms with Crippen molar-refractivity contribution in [3.05, 3.63) is 64.2 Å². The van der Waals surface area contributed by atoms with E-state index < -0.39 is 10.8 Å². The fraction of sp³-hybridized carbons (Fsp3) is 0.188. The predicted molar refractivity (Wildman–Crippen MR) is 84.7 cm³/mol. The summed E-state index contributed by atoms with van der Waals surface area (Å²) in [4.78, 5) is 0. The molecule has 2 aromatic carbocycles. The molecule has 0 heterocycles. The van der Waals surface area contributed by atoms with Gasteiger partial charge in [-0.3, -0.25) is 4.21 Å². The molecule has 0 aliphatic carbocycles. The van der Waals surface area contributed by atoms with Crippen molar-refractivity contribution in [1.82, 2.24) is 0 Å². The van der Waals surface area contributed by atoms with E-state index in [9.17, 15) is 4.21 Å². The molecule has 2 aromatic rings. The van der Waals surface area contributed by atoms with Crippen LogP contribution in [0, 0.1) is 11.3 Å². The largest absolute Gasteiger partial charge is 0.496 e. The van der Waals surface area contributed by atoms with Gasteiger partial charge in [-0.05, 0) is 29.8 Å². The molecule has 0 aromatic heterocycles. The Kier molecular flexibility index (Phi) is 5.38. The summed E-state index contributed by atoms with van der Waals surface area (Å²) in [5.74, 6) is 1.34. The molecule has 0 fully saturated rings. The number of methoxy groups -OCH3 is 1. The van der Waals surface area contributed by atoms with Gasteiger partial charge in [0.2, 0.25) is 0 Å². The Morgan fingerprint density at radius 1 is 1.19 bits per heavy atom.